The molecule has 2 amide bonds. The molecule has 0 spiro atoms. The Balaban J connectivity index is 1.32. The predicted octanol–water partition coefficient (Wildman–Crippen LogP) is 2.07. The smallest absolute Gasteiger partial charge is 0.242 e. The lowest BCUT2D eigenvalue weighted by molar-refractivity contribution is -0.130. The van der Waals surface area contributed by atoms with Crippen molar-refractivity contribution in [1.29, 1.82) is 0 Å². The molecule has 160 valence electrons. The van der Waals surface area contributed by atoms with E-state index in [1.54, 1.807) is 4.90 Å². The van der Waals surface area contributed by atoms with Crippen LogP contribution in [0.2, 0.25) is 0 Å². The monoisotopic (exact) mass is 428 g/mol. The maximum absolute atomic E-state index is 12.8. The van der Waals surface area contributed by atoms with Gasteiger partial charge in [0.15, 0.2) is 0 Å². The van der Waals surface area contributed by atoms with E-state index in [4.69, 9.17) is 0 Å². The number of rotatable bonds is 5. The van der Waals surface area contributed by atoms with Crippen LogP contribution in [0.4, 0.5) is 16.0 Å². The standard InChI is InChI=1S/C21H28N6O2S/c1-15-6-7-16(2)17(13-15)25-9-11-26(12-10-25)19(29)14-24(3)20-22-23-21(30-20)27-8-4-5-18(27)28/h6-7,13H,4-5,8-12,14H2,1-3H3. The summed E-state index contributed by atoms with van der Waals surface area (Å²) in [5.74, 6) is 0.185. The molecule has 3 heterocycles. The summed E-state index contributed by atoms with van der Waals surface area (Å²) in [4.78, 5) is 32.5. The van der Waals surface area contributed by atoms with E-state index in [0.29, 0.717) is 36.3 Å². The van der Waals surface area contributed by atoms with Crippen molar-refractivity contribution in [1.82, 2.24) is 15.1 Å². The highest BCUT2D eigenvalue weighted by Gasteiger charge is 2.27. The minimum absolute atomic E-state index is 0.0899. The van der Waals surface area contributed by atoms with Gasteiger partial charge in [0.25, 0.3) is 0 Å². The third-order valence-corrected chi connectivity index (χ3v) is 6.81. The van der Waals surface area contributed by atoms with E-state index in [0.717, 1.165) is 19.5 Å². The number of carbonyl (C=O) groups excluding carboxylic acids is 2. The highest BCUT2D eigenvalue weighted by atomic mass is 32.1. The first-order valence-electron chi connectivity index (χ1n) is 10.4. The zero-order valence-corrected chi connectivity index (χ0v) is 18.6. The van der Waals surface area contributed by atoms with Crippen LogP contribution in [0.5, 0.6) is 0 Å². The summed E-state index contributed by atoms with van der Waals surface area (Å²) in [6.45, 7) is 8.28. The summed E-state index contributed by atoms with van der Waals surface area (Å²) in [5.41, 5.74) is 3.78. The number of anilines is 3. The molecule has 0 N–H and O–H groups in total. The van der Waals surface area contributed by atoms with Crippen LogP contribution < -0.4 is 14.7 Å². The van der Waals surface area contributed by atoms with Crippen molar-refractivity contribution >= 4 is 39.1 Å². The van der Waals surface area contributed by atoms with Gasteiger partial charge in [-0.1, -0.05) is 23.5 Å². The molecule has 0 bridgehead atoms. The third-order valence-electron chi connectivity index (χ3n) is 5.74. The Hall–Kier alpha value is -2.68. The molecule has 2 saturated heterocycles. The van der Waals surface area contributed by atoms with Gasteiger partial charge >= 0.3 is 0 Å². The summed E-state index contributed by atoms with van der Waals surface area (Å²) >= 11 is 1.36. The molecule has 2 fully saturated rings. The van der Waals surface area contributed by atoms with Gasteiger partial charge in [0.2, 0.25) is 22.1 Å². The van der Waals surface area contributed by atoms with Gasteiger partial charge in [0, 0.05) is 51.9 Å². The van der Waals surface area contributed by atoms with Crippen molar-refractivity contribution in [2.45, 2.75) is 26.7 Å². The molecule has 1 aromatic carbocycles. The Kier molecular flexibility index (Phi) is 5.90. The number of likely N-dealkylation sites (N-methyl/N-ethyl adjacent to an activating group) is 1. The van der Waals surface area contributed by atoms with Crippen LogP contribution in [0.15, 0.2) is 18.2 Å². The number of amides is 2. The summed E-state index contributed by atoms with van der Waals surface area (Å²) in [6.07, 6.45) is 1.42. The lowest BCUT2D eigenvalue weighted by atomic mass is 10.1. The highest BCUT2D eigenvalue weighted by Crippen LogP contribution is 2.29. The second-order valence-corrected chi connectivity index (χ2v) is 8.96. The van der Waals surface area contributed by atoms with Gasteiger partial charge in [-0.2, -0.15) is 0 Å². The Morgan fingerprint density at radius 3 is 2.60 bits per heavy atom. The molecule has 0 atom stereocenters. The molecule has 4 rings (SSSR count). The SMILES string of the molecule is Cc1ccc(C)c(N2CCN(C(=O)CN(C)c3nnc(N4CCCC4=O)s3)CC2)c1. The minimum atomic E-state index is 0.0899. The fourth-order valence-corrected chi connectivity index (χ4v) is 4.80. The zero-order valence-electron chi connectivity index (χ0n) is 17.8. The average Bonchev–Trinajstić information content (AvgIpc) is 3.39. The van der Waals surface area contributed by atoms with Crippen molar-refractivity contribution in [2.75, 3.05) is 61.0 Å². The van der Waals surface area contributed by atoms with Gasteiger partial charge in [0.1, 0.15) is 0 Å². The third kappa shape index (κ3) is 4.26. The molecular weight excluding hydrogens is 400 g/mol. The Bertz CT molecular complexity index is 937. The number of benzene rings is 1. The fourth-order valence-electron chi connectivity index (χ4n) is 3.95. The van der Waals surface area contributed by atoms with E-state index >= 15 is 0 Å². The van der Waals surface area contributed by atoms with E-state index in [1.165, 1.54) is 28.2 Å². The molecule has 2 aromatic rings. The molecule has 2 aliphatic rings. The Labute approximate surface area is 181 Å². The summed E-state index contributed by atoms with van der Waals surface area (Å²) < 4.78 is 0. The first-order chi connectivity index (χ1) is 14.4. The maximum atomic E-state index is 12.8. The van der Waals surface area contributed by atoms with Crippen molar-refractivity contribution in [2.24, 2.45) is 0 Å². The lowest BCUT2D eigenvalue weighted by Crippen LogP contribution is -2.51. The van der Waals surface area contributed by atoms with Crippen molar-refractivity contribution in [3.63, 3.8) is 0 Å². The number of hydrogen-bond donors (Lipinski definition) is 0. The second kappa shape index (κ2) is 8.59. The summed E-state index contributed by atoms with van der Waals surface area (Å²) in [6, 6.07) is 6.51. The fraction of sp³-hybridized carbons (Fsp3) is 0.524. The van der Waals surface area contributed by atoms with Crippen LogP contribution in [-0.2, 0) is 9.59 Å². The average molecular weight is 429 g/mol. The van der Waals surface area contributed by atoms with Crippen LogP contribution in [-0.4, -0.2) is 73.2 Å². The van der Waals surface area contributed by atoms with Gasteiger partial charge < -0.3 is 14.7 Å². The van der Waals surface area contributed by atoms with E-state index in [9.17, 15) is 9.59 Å². The zero-order chi connectivity index (χ0) is 21.3. The topological polar surface area (TPSA) is 72.9 Å². The van der Waals surface area contributed by atoms with Gasteiger partial charge in [-0.25, -0.2) is 0 Å². The maximum Gasteiger partial charge on any atom is 0.242 e. The Morgan fingerprint density at radius 1 is 1.13 bits per heavy atom. The molecule has 2 aliphatic heterocycles. The number of carbonyl (C=O) groups is 2. The number of piperazine rings is 1. The number of aromatic nitrogens is 2. The number of hydrogen-bond acceptors (Lipinski definition) is 7. The van der Waals surface area contributed by atoms with Crippen molar-refractivity contribution in [3.05, 3.63) is 29.3 Å². The highest BCUT2D eigenvalue weighted by molar-refractivity contribution is 7.19. The molecule has 0 unspecified atom stereocenters. The van der Waals surface area contributed by atoms with Crippen LogP contribution in [0, 0.1) is 13.8 Å². The second-order valence-electron chi connectivity index (χ2n) is 8.03. The van der Waals surface area contributed by atoms with E-state index < -0.39 is 0 Å². The summed E-state index contributed by atoms with van der Waals surface area (Å²) in [7, 11) is 1.85. The molecule has 8 nitrogen and oxygen atoms in total. The largest absolute Gasteiger partial charge is 0.368 e. The van der Waals surface area contributed by atoms with Crippen LogP contribution >= 0.6 is 11.3 Å². The van der Waals surface area contributed by atoms with Crippen LogP contribution in [0.1, 0.15) is 24.0 Å². The molecule has 0 radical (unpaired) electrons. The summed E-state index contributed by atoms with van der Waals surface area (Å²) in [5, 5.41) is 9.61. The van der Waals surface area contributed by atoms with E-state index in [1.807, 2.05) is 16.8 Å². The van der Waals surface area contributed by atoms with Crippen LogP contribution in [0.25, 0.3) is 0 Å². The quantitative estimate of drug-likeness (QED) is 0.726. The van der Waals surface area contributed by atoms with Crippen LogP contribution in [0.3, 0.4) is 0 Å². The molecule has 0 saturated carbocycles. The van der Waals surface area contributed by atoms with Gasteiger partial charge in [0.05, 0.1) is 6.54 Å². The van der Waals surface area contributed by atoms with Crippen molar-refractivity contribution < 1.29 is 9.59 Å². The molecule has 9 heteroatoms. The van der Waals surface area contributed by atoms with E-state index in [2.05, 4.69) is 47.1 Å². The normalized spacial score (nSPS) is 17.0. The molecular formula is C21H28N6O2S. The molecule has 30 heavy (non-hydrogen) atoms. The minimum Gasteiger partial charge on any atom is -0.368 e. The lowest BCUT2D eigenvalue weighted by Gasteiger charge is -2.37. The first-order valence-corrected chi connectivity index (χ1v) is 11.2. The Morgan fingerprint density at radius 2 is 1.90 bits per heavy atom. The predicted molar refractivity (Wildman–Crippen MR) is 119 cm³/mol. The van der Waals surface area contributed by atoms with Gasteiger partial charge in [-0.3, -0.25) is 14.5 Å². The molecule has 0 aliphatic carbocycles. The number of nitrogens with zero attached hydrogens (tertiary/aromatic N) is 6. The van der Waals surface area contributed by atoms with Crippen molar-refractivity contribution in [3.8, 4) is 0 Å². The molecule has 1 aromatic heterocycles. The van der Waals surface area contributed by atoms with Gasteiger partial charge in [-0.15, -0.1) is 10.2 Å². The van der Waals surface area contributed by atoms with Gasteiger partial charge in [-0.05, 0) is 37.5 Å². The van der Waals surface area contributed by atoms with E-state index in [-0.39, 0.29) is 18.4 Å². The number of aryl methyl sites for hydroxylation is 2. The first kappa shape index (κ1) is 20.6.